The third kappa shape index (κ3) is 3.11. The molecule has 0 amide bonds. The monoisotopic (exact) mass is 438 g/mol. The highest BCUT2D eigenvalue weighted by Gasteiger charge is 2.33. The van der Waals surface area contributed by atoms with Crippen molar-refractivity contribution in [3.63, 3.8) is 0 Å². The lowest BCUT2D eigenvalue weighted by Gasteiger charge is -2.29. The van der Waals surface area contributed by atoms with Crippen LogP contribution in [-0.4, -0.2) is 4.98 Å². The number of anilines is 2. The van der Waals surface area contributed by atoms with Gasteiger partial charge in [-0.15, -0.1) is 11.8 Å². The first-order chi connectivity index (χ1) is 13.0. The lowest BCUT2D eigenvalue weighted by molar-refractivity contribution is 0.440. The van der Waals surface area contributed by atoms with Crippen LogP contribution in [0.2, 0.25) is 0 Å². The summed E-state index contributed by atoms with van der Waals surface area (Å²) in [5, 5.41) is 9.27. The van der Waals surface area contributed by atoms with E-state index in [1.54, 1.807) is 11.8 Å². The Bertz CT molecular complexity index is 1090. The first-order valence-electron chi connectivity index (χ1n) is 8.17. The van der Waals surface area contributed by atoms with Crippen molar-refractivity contribution < 1.29 is 4.74 Å². The summed E-state index contributed by atoms with van der Waals surface area (Å²) in [6, 6.07) is 16.2. The van der Waals surface area contributed by atoms with Crippen LogP contribution in [0.4, 0.5) is 11.5 Å². The number of hydrogen-bond donors (Lipinski definition) is 2. The number of nitrogen functional groups attached to an aromatic ring is 2. The van der Waals surface area contributed by atoms with E-state index in [9.17, 15) is 5.26 Å². The SMILES string of the molecule is Cc1ccc(SC2c3ccc(Br)cc3Oc3nc(N)c(C#N)c(N)c32)cc1. The van der Waals surface area contributed by atoms with Crippen molar-refractivity contribution in [3.05, 3.63) is 69.2 Å². The van der Waals surface area contributed by atoms with E-state index in [-0.39, 0.29) is 16.6 Å². The van der Waals surface area contributed by atoms with E-state index in [2.05, 4.69) is 58.2 Å². The standard InChI is InChI=1S/C20H15BrN4OS/c1-10-2-5-12(6-3-10)27-18-13-7-4-11(21)8-15(13)26-20-16(18)17(23)14(9-22)19(24)25-20/h2-8,18H,1H3,(H4,23,24,25). The summed E-state index contributed by atoms with van der Waals surface area (Å²) < 4.78 is 6.88. The number of nitriles is 1. The molecule has 2 heterocycles. The summed E-state index contributed by atoms with van der Waals surface area (Å²) in [6.45, 7) is 2.05. The molecular formula is C20H15BrN4OS. The van der Waals surface area contributed by atoms with Gasteiger partial charge in [0.05, 0.1) is 16.5 Å². The van der Waals surface area contributed by atoms with E-state index in [1.807, 2.05) is 18.2 Å². The minimum atomic E-state index is -0.167. The van der Waals surface area contributed by atoms with Gasteiger partial charge in [0.1, 0.15) is 23.2 Å². The zero-order valence-corrected chi connectivity index (χ0v) is 16.8. The van der Waals surface area contributed by atoms with E-state index in [0.717, 1.165) is 14.9 Å². The molecule has 1 aliphatic rings. The van der Waals surface area contributed by atoms with Gasteiger partial charge in [0, 0.05) is 14.9 Å². The quantitative estimate of drug-likeness (QED) is 0.571. The highest BCUT2D eigenvalue weighted by atomic mass is 79.9. The van der Waals surface area contributed by atoms with Crippen molar-refractivity contribution in [3.8, 4) is 17.7 Å². The van der Waals surface area contributed by atoms with E-state index >= 15 is 0 Å². The van der Waals surface area contributed by atoms with E-state index in [1.165, 1.54) is 5.56 Å². The molecule has 0 saturated carbocycles. The maximum atomic E-state index is 9.44. The van der Waals surface area contributed by atoms with Gasteiger partial charge in [-0.25, -0.2) is 0 Å². The van der Waals surface area contributed by atoms with Gasteiger partial charge in [0.25, 0.3) is 0 Å². The number of benzene rings is 2. The average Bonchev–Trinajstić information content (AvgIpc) is 2.63. The fourth-order valence-corrected chi connectivity index (χ4v) is 4.58. The van der Waals surface area contributed by atoms with Crippen molar-refractivity contribution in [2.24, 2.45) is 0 Å². The van der Waals surface area contributed by atoms with Gasteiger partial charge in [0.2, 0.25) is 5.88 Å². The van der Waals surface area contributed by atoms with Crippen LogP contribution in [0, 0.1) is 18.3 Å². The number of thioether (sulfide) groups is 1. The number of pyridine rings is 1. The minimum absolute atomic E-state index is 0.0753. The normalized spacial score (nSPS) is 14.6. The molecule has 4 rings (SSSR count). The molecule has 0 fully saturated rings. The smallest absolute Gasteiger partial charge is 0.228 e. The van der Waals surface area contributed by atoms with Gasteiger partial charge in [0.15, 0.2) is 0 Å². The Morgan fingerprint density at radius 1 is 1.19 bits per heavy atom. The zero-order chi connectivity index (χ0) is 19.1. The Morgan fingerprint density at radius 3 is 2.63 bits per heavy atom. The van der Waals surface area contributed by atoms with Gasteiger partial charge in [-0.1, -0.05) is 39.7 Å². The van der Waals surface area contributed by atoms with Gasteiger partial charge in [-0.2, -0.15) is 10.2 Å². The van der Waals surface area contributed by atoms with Crippen molar-refractivity contribution in [1.29, 1.82) is 5.26 Å². The number of nitrogens with zero attached hydrogens (tertiary/aromatic N) is 2. The third-order valence-corrected chi connectivity index (χ3v) is 6.14. The first-order valence-corrected chi connectivity index (χ1v) is 9.84. The summed E-state index contributed by atoms with van der Waals surface area (Å²) in [5.74, 6) is 1.11. The molecule has 2 aromatic carbocycles. The Hall–Kier alpha value is -2.69. The van der Waals surface area contributed by atoms with Gasteiger partial charge in [-0.05, 0) is 31.2 Å². The van der Waals surface area contributed by atoms with Crippen LogP contribution in [0.5, 0.6) is 11.6 Å². The fourth-order valence-electron chi connectivity index (χ4n) is 3.01. The molecule has 1 unspecified atom stereocenters. The van der Waals surface area contributed by atoms with Crippen LogP contribution in [0.15, 0.2) is 51.8 Å². The minimum Gasteiger partial charge on any atom is -0.438 e. The molecule has 1 aliphatic heterocycles. The van der Waals surface area contributed by atoms with Crippen LogP contribution in [0.25, 0.3) is 0 Å². The molecule has 7 heteroatoms. The third-order valence-electron chi connectivity index (χ3n) is 4.38. The van der Waals surface area contributed by atoms with Crippen LogP contribution >= 0.6 is 27.7 Å². The number of nitrogens with two attached hydrogens (primary N) is 2. The maximum Gasteiger partial charge on any atom is 0.228 e. The Labute approximate surface area is 169 Å². The Balaban J connectivity index is 1.91. The van der Waals surface area contributed by atoms with Crippen molar-refractivity contribution >= 4 is 39.2 Å². The number of aryl methyl sites for hydroxylation is 1. The van der Waals surface area contributed by atoms with Crippen molar-refractivity contribution in [2.45, 2.75) is 17.1 Å². The molecule has 27 heavy (non-hydrogen) atoms. The summed E-state index contributed by atoms with van der Waals surface area (Å²) >= 11 is 5.12. The summed E-state index contributed by atoms with van der Waals surface area (Å²) in [7, 11) is 0. The molecule has 4 N–H and O–H groups in total. The lowest BCUT2D eigenvalue weighted by Crippen LogP contribution is -2.14. The van der Waals surface area contributed by atoms with Gasteiger partial charge in [-0.3, -0.25) is 0 Å². The molecule has 134 valence electrons. The summed E-state index contributed by atoms with van der Waals surface area (Å²) in [5.41, 5.74) is 15.6. The highest BCUT2D eigenvalue weighted by Crippen LogP contribution is 2.54. The highest BCUT2D eigenvalue weighted by molar-refractivity contribution is 9.10. The molecule has 0 bridgehead atoms. The molecule has 1 atom stereocenters. The number of halogens is 1. The fraction of sp³-hybridized carbons (Fsp3) is 0.100. The largest absolute Gasteiger partial charge is 0.438 e. The van der Waals surface area contributed by atoms with Crippen molar-refractivity contribution in [1.82, 2.24) is 4.98 Å². The number of hydrogen-bond acceptors (Lipinski definition) is 6. The topological polar surface area (TPSA) is 98.0 Å². The molecule has 0 saturated heterocycles. The molecule has 3 aromatic rings. The molecule has 0 spiro atoms. The molecule has 0 radical (unpaired) electrons. The van der Waals surface area contributed by atoms with Crippen molar-refractivity contribution in [2.75, 3.05) is 11.5 Å². The summed E-state index contributed by atoms with van der Waals surface area (Å²) in [6.07, 6.45) is 0. The number of rotatable bonds is 2. The second-order valence-corrected chi connectivity index (χ2v) is 8.31. The molecule has 1 aromatic heterocycles. The van der Waals surface area contributed by atoms with Gasteiger partial charge < -0.3 is 16.2 Å². The predicted octanol–water partition coefficient (Wildman–Crippen LogP) is 5.18. The number of fused-ring (bicyclic) bond motifs is 2. The number of aromatic nitrogens is 1. The maximum absolute atomic E-state index is 9.44. The molecule has 5 nitrogen and oxygen atoms in total. The summed E-state index contributed by atoms with van der Waals surface area (Å²) in [4.78, 5) is 5.39. The van der Waals surface area contributed by atoms with Crippen LogP contribution < -0.4 is 16.2 Å². The van der Waals surface area contributed by atoms with E-state index < -0.39 is 0 Å². The van der Waals surface area contributed by atoms with Crippen LogP contribution in [0.1, 0.15) is 27.5 Å². The second-order valence-electron chi connectivity index (χ2n) is 6.21. The first kappa shape index (κ1) is 17.7. The number of ether oxygens (including phenoxy) is 1. The lowest BCUT2D eigenvalue weighted by atomic mass is 9.98. The van der Waals surface area contributed by atoms with Crippen LogP contribution in [0.3, 0.4) is 0 Å². The molecular weight excluding hydrogens is 424 g/mol. The molecule has 0 aliphatic carbocycles. The predicted molar refractivity (Wildman–Crippen MR) is 111 cm³/mol. The average molecular weight is 439 g/mol. The van der Waals surface area contributed by atoms with E-state index in [4.69, 9.17) is 16.2 Å². The Morgan fingerprint density at radius 2 is 1.93 bits per heavy atom. The zero-order valence-electron chi connectivity index (χ0n) is 14.4. The second kappa shape index (κ2) is 6.80. The van der Waals surface area contributed by atoms with Crippen LogP contribution in [-0.2, 0) is 0 Å². The van der Waals surface area contributed by atoms with Gasteiger partial charge >= 0.3 is 0 Å². The Kier molecular flexibility index (Phi) is 4.46. The van der Waals surface area contributed by atoms with E-state index in [0.29, 0.717) is 22.9 Å².